The van der Waals surface area contributed by atoms with Crippen molar-refractivity contribution in [2.45, 2.75) is 13.8 Å². The highest BCUT2D eigenvalue weighted by Gasteiger charge is 2.10. The lowest BCUT2D eigenvalue weighted by molar-refractivity contribution is 0.484. The Balaban J connectivity index is 2.05. The summed E-state index contributed by atoms with van der Waals surface area (Å²) < 4.78 is 11.8. The lowest BCUT2D eigenvalue weighted by Gasteiger charge is -2.11. The van der Waals surface area contributed by atoms with Gasteiger partial charge < -0.3 is 14.9 Å². The first-order valence-electron chi connectivity index (χ1n) is 6.31. The molecule has 0 aliphatic heterocycles. The van der Waals surface area contributed by atoms with Crippen molar-refractivity contribution in [2.24, 2.45) is 0 Å². The standard InChI is InChI=1S/C15H13BrN2O3/c1-7-3-9(4-8(2)14(7)16)20-12-6-11-13(5-10(12)17)21-15(19)18-11/h3-6H,17H2,1-2H3,(H,18,19). The zero-order valence-electron chi connectivity index (χ0n) is 11.5. The van der Waals surface area contributed by atoms with E-state index in [1.165, 1.54) is 0 Å². The molecule has 5 nitrogen and oxygen atoms in total. The Kier molecular flexibility index (Phi) is 3.25. The lowest BCUT2D eigenvalue weighted by Crippen LogP contribution is -1.94. The van der Waals surface area contributed by atoms with Gasteiger partial charge in [0, 0.05) is 16.6 Å². The van der Waals surface area contributed by atoms with Crippen LogP contribution >= 0.6 is 15.9 Å². The number of hydrogen-bond donors (Lipinski definition) is 2. The van der Waals surface area contributed by atoms with Gasteiger partial charge in [-0.25, -0.2) is 4.79 Å². The summed E-state index contributed by atoms with van der Waals surface area (Å²) in [6.45, 7) is 3.98. The van der Waals surface area contributed by atoms with E-state index in [0.717, 1.165) is 15.6 Å². The van der Waals surface area contributed by atoms with E-state index in [2.05, 4.69) is 20.9 Å². The van der Waals surface area contributed by atoms with E-state index in [0.29, 0.717) is 28.3 Å². The molecule has 0 aliphatic carbocycles. The van der Waals surface area contributed by atoms with Gasteiger partial charge in [0.2, 0.25) is 0 Å². The summed E-state index contributed by atoms with van der Waals surface area (Å²) in [5, 5.41) is 0. The fourth-order valence-corrected chi connectivity index (χ4v) is 2.40. The van der Waals surface area contributed by atoms with Crippen molar-refractivity contribution in [3.63, 3.8) is 0 Å². The molecule has 0 radical (unpaired) electrons. The first kappa shape index (κ1) is 13.8. The monoisotopic (exact) mass is 348 g/mol. The molecular formula is C15H13BrN2O3. The van der Waals surface area contributed by atoms with Crippen LogP contribution in [0.15, 0.2) is 37.9 Å². The zero-order chi connectivity index (χ0) is 15.1. The minimum atomic E-state index is -0.517. The van der Waals surface area contributed by atoms with E-state index in [1.54, 1.807) is 12.1 Å². The molecule has 0 amide bonds. The number of nitrogens with two attached hydrogens (primary N) is 1. The molecule has 0 saturated carbocycles. The molecule has 3 rings (SSSR count). The SMILES string of the molecule is Cc1cc(Oc2cc3[nH]c(=O)oc3cc2N)cc(C)c1Br. The van der Waals surface area contributed by atoms with E-state index < -0.39 is 5.76 Å². The number of ether oxygens (including phenoxy) is 1. The molecular weight excluding hydrogens is 336 g/mol. The van der Waals surface area contributed by atoms with E-state index in [1.807, 2.05) is 26.0 Å². The zero-order valence-corrected chi connectivity index (χ0v) is 13.1. The first-order valence-corrected chi connectivity index (χ1v) is 7.10. The molecule has 1 heterocycles. The average molecular weight is 349 g/mol. The van der Waals surface area contributed by atoms with Gasteiger partial charge in [-0.05, 0) is 37.1 Å². The van der Waals surface area contributed by atoms with Crippen molar-refractivity contribution in [1.29, 1.82) is 0 Å². The number of aryl methyl sites for hydroxylation is 2. The number of nitrogens with one attached hydrogen (secondary N) is 1. The minimum Gasteiger partial charge on any atom is -0.455 e. The molecule has 108 valence electrons. The predicted octanol–water partition coefficient (Wildman–Crippen LogP) is 3.87. The summed E-state index contributed by atoms with van der Waals surface area (Å²) in [4.78, 5) is 13.8. The highest BCUT2D eigenvalue weighted by atomic mass is 79.9. The Morgan fingerprint density at radius 1 is 1.19 bits per heavy atom. The topological polar surface area (TPSA) is 81.2 Å². The third kappa shape index (κ3) is 2.54. The van der Waals surface area contributed by atoms with E-state index in [4.69, 9.17) is 14.9 Å². The Labute approximate surface area is 128 Å². The molecule has 0 bridgehead atoms. The van der Waals surface area contributed by atoms with Gasteiger partial charge in [0.05, 0.1) is 11.2 Å². The van der Waals surface area contributed by atoms with E-state index >= 15 is 0 Å². The van der Waals surface area contributed by atoms with Gasteiger partial charge in [-0.3, -0.25) is 4.98 Å². The van der Waals surface area contributed by atoms with Gasteiger partial charge in [-0.1, -0.05) is 15.9 Å². The highest BCUT2D eigenvalue weighted by Crippen LogP contribution is 2.33. The number of benzene rings is 2. The Bertz CT molecular complexity index is 873. The molecule has 0 atom stereocenters. The summed E-state index contributed by atoms with van der Waals surface area (Å²) >= 11 is 3.52. The average Bonchev–Trinajstić information content (AvgIpc) is 2.75. The molecule has 0 aliphatic rings. The van der Waals surface area contributed by atoms with Crippen LogP contribution in [-0.2, 0) is 0 Å². The summed E-state index contributed by atoms with van der Waals surface area (Å²) in [5.74, 6) is 0.641. The molecule has 0 spiro atoms. The maximum absolute atomic E-state index is 11.2. The van der Waals surface area contributed by atoms with Crippen LogP contribution in [0.4, 0.5) is 5.69 Å². The number of anilines is 1. The maximum atomic E-state index is 11.2. The molecule has 6 heteroatoms. The van der Waals surface area contributed by atoms with Crippen molar-refractivity contribution >= 4 is 32.7 Å². The number of oxazole rings is 1. The predicted molar refractivity (Wildman–Crippen MR) is 84.9 cm³/mol. The second-order valence-corrected chi connectivity index (χ2v) is 5.67. The summed E-state index contributed by atoms with van der Waals surface area (Å²) in [7, 11) is 0. The number of hydrogen-bond acceptors (Lipinski definition) is 4. The molecule has 0 saturated heterocycles. The van der Waals surface area contributed by atoms with Crippen LogP contribution in [0.25, 0.3) is 11.1 Å². The van der Waals surface area contributed by atoms with Crippen LogP contribution in [0.2, 0.25) is 0 Å². The largest absolute Gasteiger partial charge is 0.455 e. The Morgan fingerprint density at radius 2 is 1.86 bits per heavy atom. The Morgan fingerprint density at radius 3 is 2.52 bits per heavy atom. The molecule has 0 fully saturated rings. The lowest BCUT2D eigenvalue weighted by atomic mass is 10.1. The van der Waals surface area contributed by atoms with Crippen LogP contribution in [-0.4, -0.2) is 4.98 Å². The molecule has 0 unspecified atom stereocenters. The summed E-state index contributed by atoms with van der Waals surface area (Å²) in [6.07, 6.45) is 0. The highest BCUT2D eigenvalue weighted by molar-refractivity contribution is 9.10. The van der Waals surface area contributed by atoms with Crippen molar-refractivity contribution in [3.05, 3.63) is 50.4 Å². The third-order valence-electron chi connectivity index (χ3n) is 3.19. The fourth-order valence-electron chi connectivity index (χ4n) is 2.17. The second-order valence-electron chi connectivity index (χ2n) is 4.87. The number of H-pyrrole nitrogens is 1. The quantitative estimate of drug-likeness (QED) is 0.688. The minimum absolute atomic E-state index is 0.406. The van der Waals surface area contributed by atoms with Crippen LogP contribution in [0, 0.1) is 13.8 Å². The molecule has 2 aromatic carbocycles. The molecule has 3 N–H and O–H groups in total. The number of rotatable bonds is 2. The van der Waals surface area contributed by atoms with Gasteiger partial charge in [0.25, 0.3) is 0 Å². The van der Waals surface area contributed by atoms with Crippen LogP contribution < -0.4 is 16.2 Å². The third-order valence-corrected chi connectivity index (χ3v) is 4.44. The second kappa shape index (κ2) is 4.96. The van der Waals surface area contributed by atoms with Crippen molar-refractivity contribution in [2.75, 3.05) is 5.73 Å². The number of nitrogen functional groups attached to an aromatic ring is 1. The fraction of sp³-hybridized carbons (Fsp3) is 0.133. The summed E-state index contributed by atoms with van der Waals surface area (Å²) in [6, 6.07) is 7.06. The molecule has 1 aromatic heterocycles. The van der Waals surface area contributed by atoms with E-state index in [9.17, 15) is 4.79 Å². The molecule has 3 aromatic rings. The van der Waals surface area contributed by atoms with Crippen LogP contribution in [0.3, 0.4) is 0 Å². The normalized spacial score (nSPS) is 11.0. The number of aromatic amines is 1. The van der Waals surface area contributed by atoms with Crippen molar-refractivity contribution in [1.82, 2.24) is 4.98 Å². The van der Waals surface area contributed by atoms with Crippen LogP contribution in [0.5, 0.6) is 11.5 Å². The van der Waals surface area contributed by atoms with Crippen LogP contribution in [0.1, 0.15) is 11.1 Å². The Hall–Kier alpha value is -2.21. The van der Waals surface area contributed by atoms with Gasteiger partial charge in [-0.15, -0.1) is 0 Å². The van der Waals surface area contributed by atoms with Gasteiger partial charge in [0.15, 0.2) is 11.3 Å². The van der Waals surface area contributed by atoms with E-state index in [-0.39, 0.29) is 0 Å². The van der Waals surface area contributed by atoms with Gasteiger partial charge in [-0.2, -0.15) is 0 Å². The number of aromatic nitrogens is 1. The first-order chi connectivity index (χ1) is 9.94. The van der Waals surface area contributed by atoms with Crippen molar-refractivity contribution < 1.29 is 9.15 Å². The maximum Gasteiger partial charge on any atom is 0.417 e. The van der Waals surface area contributed by atoms with Gasteiger partial charge >= 0.3 is 5.76 Å². The smallest absolute Gasteiger partial charge is 0.417 e. The summed E-state index contributed by atoms with van der Waals surface area (Å²) in [5.41, 5.74) is 9.45. The number of halogens is 1. The van der Waals surface area contributed by atoms with Crippen molar-refractivity contribution in [3.8, 4) is 11.5 Å². The van der Waals surface area contributed by atoms with Gasteiger partial charge in [0.1, 0.15) is 5.75 Å². The molecule has 21 heavy (non-hydrogen) atoms. The number of fused-ring (bicyclic) bond motifs is 1.